The molecule has 1 fully saturated rings. The van der Waals surface area contributed by atoms with Crippen LogP contribution >= 0.6 is 0 Å². The molecular weight excluding hydrogens is 319 g/mol. The Morgan fingerprint density at radius 1 is 1.24 bits per heavy atom. The number of aromatic nitrogens is 3. The minimum atomic E-state index is -0.379. The molecule has 3 heterocycles. The van der Waals surface area contributed by atoms with Gasteiger partial charge in [-0.15, -0.1) is 0 Å². The average molecular weight is 340 g/mol. The molecule has 130 valence electrons. The molecule has 4 rings (SSSR count). The molecule has 0 radical (unpaired) electrons. The van der Waals surface area contributed by atoms with Crippen molar-refractivity contribution >= 4 is 5.78 Å². The third-order valence-corrected chi connectivity index (χ3v) is 4.86. The fourth-order valence-electron chi connectivity index (χ4n) is 3.80. The van der Waals surface area contributed by atoms with Crippen LogP contribution in [0.3, 0.4) is 0 Å². The van der Waals surface area contributed by atoms with E-state index in [1.54, 1.807) is 12.1 Å². The van der Waals surface area contributed by atoms with Gasteiger partial charge >= 0.3 is 0 Å². The van der Waals surface area contributed by atoms with E-state index in [0.29, 0.717) is 25.3 Å². The summed E-state index contributed by atoms with van der Waals surface area (Å²) in [6.07, 6.45) is 2.12. The van der Waals surface area contributed by atoms with Gasteiger partial charge in [-0.25, -0.2) is 14.4 Å². The Morgan fingerprint density at radius 3 is 2.76 bits per heavy atom. The van der Waals surface area contributed by atoms with Crippen LogP contribution in [0.2, 0.25) is 0 Å². The minimum Gasteiger partial charge on any atom is -0.392 e. The second kappa shape index (κ2) is 6.20. The van der Waals surface area contributed by atoms with Crippen molar-refractivity contribution in [2.45, 2.75) is 39.0 Å². The molecule has 0 amide bonds. The first-order chi connectivity index (χ1) is 12.0. The molecule has 0 aliphatic carbocycles. The van der Waals surface area contributed by atoms with Crippen LogP contribution in [0, 0.1) is 19.7 Å². The number of nitrogens with zero attached hydrogens (tertiary/aromatic N) is 4. The third kappa shape index (κ3) is 3.03. The number of hydrogen-bond acceptors (Lipinski definition) is 4. The molecule has 2 atom stereocenters. The summed E-state index contributed by atoms with van der Waals surface area (Å²) >= 11 is 0. The maximum absolute atomic E-state index is 13.2. The van der Waals surface area contributed by atoms with Gasteiger partial charge in [0.05, 0.1) is 18.0 Å². The minimum absolute atomic E-state index is 0.0693. The molecular formula is C19H21FN4O. The van der Waals surface area contributed by atoms with Crippen molar-refractivity contribution in [3.05, 3.63) is 65.0 Å². The van der Waals surface area contributed by atoms with Crippen LogP contribution in [-0.2, 0) is 6.54 Å². The van der Waals surface area contributed by atoms with E-state index in [4.69, 9.17) is 0 Å². The number of β-amino-alcohol motifs (C(OH)–C–C–N with tert-alkyl or cyclic N) is 1. The molecule has 0 saturated carbocycles. The molecule has 25 heavy (non-hydrogen) atoms. The lowest BCUT2D eigenvalue weighted by Crippen LogP contribution is -2.25. The highest BCUT2D eigenvalue weighted by Crippen LogP contribution is 2.33. The molecule has 6 heteroatoms. The number of hydrogen-bond donors (Lipinski definition) is 1. The molecule has 2 aromatic heterocycles. The third-order valence-electron chi connectivity index (χ3n) is 4.86. The van der Waals surface area contributed by atoms with Gasteiger partial charge in [0.15, 0.2) is 0 Å². The van der Waals surface area contributed by atoms with Crippen molar-refractivity contribution in [2.75, 3.05) is 6.54 Å². The fraction of sp³-hybridized carbons (Fsp3) is 0.368. The molecule has 0 bridgehead atoms. The van der Waals surface area contributed by atoms with Crippen LogP contribution in [0.25, 0.3) is 5.78 Å². The zero-order chi connectivity index (χ0) is 17.6. The van der Waals surface area contributed by atoms with E-state index in [-0.39, 0.29) is 18.0 Å². The van der Waals surface area contributed by atoms with Gasteiger partial charge in [0.25, 0.3) is 0 Å². The number of likely N-dealkylation sites (tertiary alicyclic amines) is 1. The van der Waals surface area contributed by atoms with Crippen LogP contribution in [0.5, 0.6) is 0 Å². The van der Waals surface area contributed by atoms with Gasteiger partial charge in [-0.2, -0.15) is 0 Å². The maximum atomic E-state index is 13.2. The topological polar surface area (TPSA) is 53.7 Å². The zero-order valence-electron chi connectivity index (χ0n) is 14.4. The molecule has 0 unspecified atom stereocenters. The number of imidazole rings is 1. The Kier molecular flexibility index (Phi) is 4.01. The second-order valence-corrected chi connectivity index (χ2v) is 6.81. The Balaban J connectivity index is 1.66. The summed E-state index contributed by atoms with van der Waals surface area (Å²) in [5, 5.41) is 10.2. The predicted molar refractivity (Wildman–Crippen MR) is 92.6 cm³/mol. The Hall–Kier alpha value is -2.31. The molecule has 5 nitrogen and oxygen atoms in total. The summed E-state index contributed by atoms with van der Waals surface area (Å²) < 4.78 is 15.3. The number of halogens is 1. The highest BCUT2D eigenvalue weighted by Gasteiger charge is 2.32. The van der Waals surface area contributed by atoms with E-state index >= 15 is 0 Å². The fourth-order valence-corrected chi connectivity index (χ4v) is 3.80. The highest BCUT2D eigenvalue weighted by molar-refractivity contribution is 5.35. The van der Waals surface area contributed by atoms with Crippen LogP contribution < -0.4 is 0 Å². The molecule has 3 aromatic rings. The number of aliphatic hydroxyl groups is 1. The molecule has 1 saturated heterocycles. The summed E-state index contributed by atoms with van der Waals surface area (Å²) in [4.78, 5) is 11.1. The van der Waals surface area contributed by atoms with E-state index in [1.807, 2.05) is 26.1 Å². The van der Waals surface area contributed by atoms with Crippen LogP contribution in [-0.4, -0.2) is 37.0 Å². The van der Waals surface area contributed by atoms with Gasteiger partial charge in [0.1, 0.15) is 5.82 Å². The van der Waals surface area contributed by atoms with Crippen LogP contribution in [0.15, 0.2) is 36.5 Å². The average Bonchev–Trinajstić information content (AvgIpc) is 3.12. The zero-order valence-corrected chi connectivity index (χ0v) is 14.4. The van der Waals surface area contributed by atoms with Gasteiger partial charge < -0.3 is 5.11 Å². The van der Waals surface area contributed by atoms with Crippen molar-refractivity contribution in [3.63, 3.8) is 0 Å². The van der Waals surface area contributed by atoms with Crippen molar-refractivity contribution < 1.29 is 9.50 Å². The van der Waals surface area contributed by atoms with Gasteiger partial charge in [0, 0.05) is 30.5 Å². The first-order valence-corrected chi connectivity index (χ1v) is 8.49. The van der Waals surface area contributed by atoms with Gasteiger partial charge in [0.2, 0.25) is 5.78 Å². The lowest BCUT2D eigenvalue weighted by molar-refractivity contribution is 0.172. The highest BCUT2D eigenvalue weighted by atomic mass is 19.1. The van der Waals surface area contributed by atoms with E-state index in [2.05, 4.69) is 19.3 Å². The smallest absolute Gasteiger partial charge is 0.234 e. The summed E-state index contributed by atoms with van der Waals surface area (Å²) in [5.74, 6) is 0.457. The molecule has 1 aromatic carbocycles. The first kappa shape index (κ1) is 16.2. The largest absolute Gasteiger partial charge is 0.392 e. The molecule has 1 aliphatic rings. The van der Waals surface area contributed by atoms with E-state index in [1.165, 1.54) is 12.1 Å². The van der Waals surface area contributed by atoms with E-state index in [0.717, 1.165) is 22.6 Å². The van der Waals surface area contributed by atoms with Crippen molar-refractivity contribution in [3.8, 4) is 0 Å². The van der Waals surface area contributed by atoms with Gasteiger partial charge in [-0.1, -0.05) is 12.1 Å². The maximum Gasteiger partial charge on any atom is 0.234 e. The normalized spacial score (nSPS) is 21.3. The Morgan fingerprint density at radius 2 is 2.00 bits per heavy atom. The van der Waals surface area contributed by atoms with Gasteiger partial charge in [-0.05, 0) is 44.0 Å². The summed E-state index contributed by atoms with van der Waals surface area (Å²) in [6, 6.07) is 8.66. The standard InChI is InChI=1S/C19H21FN4O/c1-12-7-13(2)24-16(9-21-19(24)22-12)10-23-11-17(25)8-18(23)14-3-5-15(20)6-4-14/h3-7,9,17-18,25H,8,10-11H2,1-2H3/t17-,18-/m0/s1. The predicted octanol–water partition coefficient (Wildman–Crippen LogP) is 2.79. The van der Waals surface area contributed by atoms with Crippen LogP contribution in [0.4, 0.5) is 4.39 Å². The SMILES string of the molecule is Cc1cc(C)n2c(CN3C[C@@H](O)C[C@H]3c3ccc(F)cc3)cnc2n1. The number of fused-ring (bicyclic) bond motifs is 1. The summed E-state index contributed by atoms with van der Waals surface area (Å²) in [6.45, 7) is 5.26. The van der Waals surface area contributed by atoms with Crippen molar-refractivity contribution in [1.82, 2.24) is 19.3 Å². The number of benzene rings is 1. The van der Waals surface area contributed by atoms with Crippen molar-refractivity contribution in [1.29, 1.82) is 0 Å². The molecule has 0 spiro atoms. The number of rotatable bonds is 3. The Labute approximate surface area is 145 Å². The summed E-state index contributed by atoms with van der Waals surface area (Å²) in [5.41, 5.74) is 4.11. The lowest BCUT2D eigenvalue weighted by atomic mass is 10.0. The van der Waals surface area contributed by atoms with Crippen LogP contribution in [0.1, 0.15) is 35.1 Å². The summed E-state index contributed by atoms with van der Waals surface area (Å²) in [7, 11) is 0. The van der Waals surface area contributed by atoms with E-state index in [9.17, 15) is 9.50 Å². The molecule has 1 N–H and O–H groups in total. The number of aliphatic hydroxyl groups excluding tert-OH is 1. The lowest BCUT2D eigenvalue weighted by Gasteiger charge is -2.24. The second-order valence-electron chi connectivity index (χ2n) is 6.81. The van der Waals surface area contributed by atoms with Crippen molar-refractivity contribution in [2.24, 2.45) is 0 Å². The van der Waals surface area contributed by atoms with E-state index < -0.39 is 0 Å². The first-order valence-electron chi connectivity index (χ1n) is 8.49. The Bertz CT molecular complexity index is 906. The molecule has 1 aliphatic heterocycles. The quantitative estimate of drug-likeness (QED) is 0.797. The van der Waals surface area contributed by atoms with Gasteiger partial charge in [-0.3, -0.25) is 9.30 Å². The number of aryl methyl sites for hydroxylation is 2. The monoisotopic (exact) mass is 340 g/mol.